The molecule has 0 spiro atoms. The number of piperidine rings is 1. The van der Waals surface area contributed by atoms with Crippen LogP contribution in [0.5, 0.6) is 0 Å². The smallest absolute Gasteiger partial charge is 0.245 e. The van der Waals surface area contributed by atoms with Gasteiger partial charge in [-0.15, -0.1) is 0 Å². The second-order valence-corrected chi connectivity index (χ2v) is 7.42. The van der Waals surface area contributed by atoms with Crippen molar-refractivity contribution >= 4 is 11.6 Å². The molecule has 138 valence electrons. The third kappa shape index (κ3) is 4.73. The van der Waals surface area contributed by atoms with E-state index >= 15 is 0 Å². The van der Waals surface area contributed by atoms with Gasteiger partial charge in [-0.3, -0.25) is 4.79 Å². The summed E-state index contributed by atoms with van der Waals surface area (Å²) in [7, 11) is 1.66. The van der Waals surface area contributed by atoms with Crippen molar-refractivity contribution in [2.75, 3.05) is 45.2 Å². The number of hydrogen-bond acceptors (Lipinski definition) is 4. The van der Waals surface area contributed by atoms with E-state index in [-0.39, 0.29) is 5.91 Å². The number of anilines is 1. The van der Waals surface area contributed by atoms with E-state index in [9.17, 15) is 4.79 Å². The highest BCUT2D eigenvalue weighted by Crippen LogP contribution is 2.31. The number of carbonyl (C=O) groups is 1. The summed E-state index contributed by atoms with van der Waals surface area (Å²) >= 11 is 0. The van der Waals surface area contributed by atoms with Crippen molar-refractivity contribution in [2.24, 2.45) is 5.92 Å². The van der Waals surface area contributed by atoms with Gasteiger partial charge >= 0.3 is 0 Å². The van der Waals surface area contributed by atoms with Gasteiger partial charge in [0.1, 0.15) is 5.54 Å². The standard InChI is InChI=1S/C20H31N3O2/c1-25-15-12-21-19(24)20(22-18-8-3-2-4-9-18)10-13-23(14-11-20)16-17-6-5-7-17/h2-4,8-9,17,22H,5-7,10-16H2,1H3,(H,21,24). The van der Waals surface area contributed by atoms with Gasteiger partial charge in [0.2, 0.25) is 5.91 Å². The maximum Gasteiger partial charge on any atom is 0.245 e. The van der Waals surface area contributed by atoms with E-state index in [4.69, 9.17) is 4.74 Å². The summed E-state index contributed by atoms with van der Waals surface area (Å²) in [5.74, 6) is 0.974. The summed E-state index contributed by atoms with van der Waals surface area (Å²) in [6.45, 7) is 4.26. The number of carbonyl (C=O) groups excluding carboxylic acids is 1. The van der Waals surface area contributed by atoms with Gasteiger partial charge in [-0.05, 0) is 43.7 Å². The van der Waals surface area contributed by atoms with Crippen LogP contribution in [0.2, 0.25) is 0 Å². The van der Waals surface area contributed by atoms with Crippen LogP contribution in [0.4, 0.5) is 5.69 Å². The monoisotopic (exact) mass is 345 g/mol. The van der Waals surface area contributed by atoms with Crippen LogP contribution < -0.4 is 10.6 Å². The SMILES string of the molecule is COCCNC(=O)C1(Nc2ccccc2)CCN(CC2CCC2)CC1. The van der Waals surface area contributed by atoms with E-state index in [1.165, 1.54) is 25.8 Å². The van der Waals surface area contributed by atoms with Gasteiger partial charge in [0.05, 0.1) is 6.61 Å². The van der Waals surface area contributed by atoms with Crippen LogP contribution >= 0.6 is 0 Å². The van der Waals surface area contributed by atoms with E-state index in [1.54, 1.807) is 7.11 Å². The minimum absolute atomic E-state index is 0.0942. The van der Waals surface area contributed by atoms with Gasteiger partial charge in [-0.2, -0.15) is 0 Å². The molecule has 1 heterocycles. The minimum Gasteiger partial charge on any atom is -0.383 e. The predicted octanol–water partition coefficient (Wildman–Crippen LogP) is 2.50. The number of amides is 1. The lowest BCUT2D eigenvalue weighted by atomic mass is 9.82. The Bertz CT molecular complexity index is 537. The topological polar surface area (TPSA) is 53.6 Å². The molecular formula is C20H31N3O2. The average molecular weight is 345 g/mol. The van der Waals surface area contributed by atoms with Gasteiger partial charge in [-0.25, -0.2) is 0 Å². The molecule has 0 unspecified atom stereocenters. The van der Waals surface area contributed by atoms with E-state index in [0.717, 1.165) is 37.5 Å². The Balaban J connectivity index is 1.63. The summed E-state index contributed by atoms with van der Waals surface area (Å²) in [5, 5.41) is 6.59. The highest BCUT2D eigenvalue weighted by Gasteiger charge is 2.41. The minimum atomic E-state index is -0.523. The molecule has 2 N–H and O–H groups in total. The fourth-order valence-electron chi connectivity index (χ4n) is 3.80. The van der Waals surface area contributed by atoms with E-state index in [0.29, 0.717) is 13.2 Å². The van der Waals surface area contributed by atoms with Gasteiger partial charge in [0.25, 0.3) is 0 Å². The molecule has 5 heteroatoms. The number of likely N-dealkylation sites (tertiary alicyclic amines) is 1. The molecule has 0 radical (unpaired) electrons. The normalized spacial score (nSPS) is 20.7. The predicted molar refractivity (Wildman–Crippen MR) is 101 cm³/mol. The van der Waals surface area contributed by atoms with E-state index in [2.05, 4.69) is 15.5 Å². The molecular weight excluding hydrogens is 314 g/mol. The number of rotatable bonds is 8. The van der Waals surface area contributed by atoms with Gasteiger partial charge < -0.3 is 20.3 Å². The Morgan fingerprint density at radius 2 is 1.96 bits per heavy atom. The van der Waals surface area contributed by atoms with Crippen LogP contribution in [0.25, 0.3) is 0 Å². The molecule has 1 amide bonds. The Hall–Kier alpha value is -1.59. The number of hydrogen-bond donors (Lipinski definition) is 2. The van der Waals surface area contributed by atoms with Crippen molar-refractivity contribution < 1.29 is 9.53 Å². The first-order chi connectivity index (χ1) is 12.2. The number of benzene rings is 1. The summed E-state index contributed by atoms with van der Waals surface area (Å²) in [4.78, 5) is 15.5. The molecule has 1 aliphatic heterocycles. The maximum atomic E-state index is 12.9. The molecule has 1 saturated heterocycles. The lowest BCUT2D eigenvalue weighted by molar-refractivity contribution is -0.127. The van der Waals surface area contributed by atoms with Gasteiger partial charge in [0, 0.05) is 39.0 Å². The van der Waals surface area contributed by atoms with Crippen LogP contribution in [-0.2, 0) is 9.53 Å². The summed E-state index contributed by atoms with van der Waals surface area (Å²) in [6, 6.07) is 10.1. The van der Waals surface area contributed by atoms with Crippen molar-refractivity contribution in [3.8, 4) is 0 Å². The number of nitrogens with zero attached hydrogens (tertiary/aromatic N) is 1. The molecule has 0 atom stereocenters. The fraction of sp³-hybridized carbons (Fsp3) is 0.650. The summed E-state index contributed by atoms with van der Waals surface area (Å²) in [5.41, 5.74) is 0.488. The molecule has 2 aliphatic rings. The molecule has 2 fully saturated rings. The van der Waals surface area contributed by atoms with Crippen LogP contribution in [0, 0.1) is 5.92 Å². The number of para-hydroxylation sites is 1. The summed E-state index contributed by atoms with van der Waals surface area (Å²) < 4.78 is 5.07. The molecule has 0 aromatic heterocycles. The molecule has 1 saturated carbocycles. The number of ether oxygens (including phenoxy) is 1. The van der Waals surface area contributed by atoms with Crippen molar-refractivity contribution in [1.82, 2.24) is 10.2 Å². The molecule has 25 heavy (non-hydrogen) atoms. The van der Waals surface area contributed by atoms with Crippen LogP contribution in [0.3, 0.4) is 0 Å². The number of methoxy groups -OCH3 is 1. The first kappa shape index (κ1) is 18.2. The highest BCUT2D eigenvalue weighted by molar-refractivity contribution is 5.89. The largest absolute Gasteiger partial charge is 0.383 e. The molecule has 1 aromatic rings. The van der Waals surface area contributed by atoms with Crippen molar-refractivity contribution in [1.29, 1.82) is 0 Å². The molecule has 3 rings (SSSR count). The molecule has 1 aliphatic carbocycles. The lowest BCUT2D eigenvalue weighted by Crippen LogP contribution is -2.59. The molecule has 5 nitrogen and oxygen atoms in total. The highest BCUT2D eigenvalue weighted by atomic mass is 16.5. The first-order valence-electron chi connectivity index (χ1n) is 9.55. The molecule has 1 aromatic carbocycles. The van der Waals surface area contributed by atoms with Crippen LogP contribution in [-0.4, -0.2) is 56.2 Å². The van der Waals surface area contributed by atoms with Crippen LogP contribution in [0.1, 0.15) is 32.1 Å². The zero-order valence-corrected chi connectivity index (χ0v) is 15.3. The molecule has 0 bridgehead atoms. The second kappa shape index (κ2) is 8.68. The maximum absolute atomic E-state index is 12.9. The van der Waals surface area contributed by atoms with E-state index < -0.39 is 5.54 Å². The Morgan fingerprint density at radius 1 is 1.24 bits per heavy atom. The lowest BCUT2D eigenvalue weighted by Gasteiger charge is -2.43. The van der Waals surface area contributed by atoms with Gasteiger partial charge in [0.15, 0.2) is 0 Å². The zero-order valence-electron chi connectivity index (χ0n) is 15.3. The van der Waals surface area contributed by atoms with Crippen LogP contribution in [0.15, 0.2) is 30.3 Å². The second-order valence-electron chi connectivity index (χ2n) is 7.42. The average Bonchev–Trinajstić information content (AvgIpc) is 2.60. The van der Waals surface area contributed by atoms with Crippen molar-refractivity contribution in [3.63, 3.8) is 0 Å². The Labute approximate surface area is 151 Å². The van der Waals surface area contributed by atoms with Crippen molar-refractivity contribution in [2.45, 2.75) is 37.6 Å². The Morgan fingerprint density at radius 3 is 2.56 bits per heavy atom. The third-order valence-corrected chi connectivity index (χ3v) is 5.63. The zero-order chi connectivity index (χ0) is 17.5. The summed E-state index contributed by atoms with van der Waals surface area (Å²) in [6.07, 6.45) is 5.82. The first-order valence-corrected chi connectivity index (χ1v) is 9.55. The Kier molecular flexibility index (Phi) is 6.32. The van der Waals surface area contributed by atoms with Crippen molar-refractivity contribution in [3.05, 3.63) is 30.3 Å². The quantitative estimate of drug-likeness (QED) is 0.711. The third-order valence-electron chi connectivity index (χ3n) is 5.63. The fourth-order valence-corrected chi connectivity index (χ4v) is 3.80. The van der Waals surface area contributed by atoms with Gasteiger partial charge in [-0.1, -0.05) is 24.6 Å². The number of nitrogens with one attached hydrogen (secondary N) is 2. The van der Waals surface area contributed by atoms with E-state index in [1.807, 2.05) is 30.3 Å².